The van der Waals surface area contributed by atoms with Crippen molar-refractivity contribution < 1.29 is 9.47 Å². The lowest BCUT2D eigenvalue weighted by Gasteiger charge is -2.25. The molecule has 92 valence electrons. The highest BCUT2D eigenvalue weighted by Gasteiger charge is 2.28. The number of fused-ring (bicyclic) bond motifs is 3. The molecule has 0 amide bonds. The van der Waals surface area contributed by atoms with Gasteiger partial charge in [0.15, 0.2) is 11.5 Å². The van der Waals surface area contributed by atoms with Crippen LogP contribution in [0.1, 0.15) is 28.7 Å². The summed E-state index contributed by atoms with van der Waals surface area (Å²) < 4.78 is 11.2. The molecule has 2 aliphatic rings. The minimum Gasteiger partial charge on any atom is -0.493 e. The Bertz CT molecular complexity index is 431. The quantitative estimate of drug-likeness (QED) is 0.845. The molecule has 0 saturated carbocycles. The van der Waals surface area contributed by atoms with Gasteiger partial charge >= 0.3 is 0 Å². The molecule has 3 heteroatoms. The smallest absolute Gasteiger partial charge is 0.165 e. The molecule has 1 aliphatic heterocycles. The maximum absolute atomic E-state index is 5.59. The van der Waals surface area contributed by atoms with Crippen molar-refractivity contribution in [3.63, 3.8) is 0 Å². The van der Waals surface area contributed by atoms with Gasteiger partial charge in [-0.3, -0.25) is 0 Å². The summed E-state index contributed by atoms with van der Waals surface area (Å²) in [6, 6.07) is 0. The number of methoxy groups -OCH3 is 2. The van der Waals surface area contributed by atoms with Crippen molar-refractivity contribution in [2.24, 2.45) is 0 Å². The van der Waals surface area contributed by atoms with Gasteiger partial charge in [-0.2, -0.15) is 0 Å². The Balaban J connectivity index is 2.27. The van der Waals surface area contributed by atoms with Gasteiger partial charge in [0.1, 0.15) is 0 Å². The van der Waals surface area contributed by atoms with Gasteiger partial charge in [0, 0.05) is 17.7 Å². The Kier molecular flexibility index (Phi) is 2.71. The second-order valence-corrected chi connectivity index (χ2v) is 4.76. The molecule has 0 unspecified atom stereocenters. The summed E-state index contributed by atoms with van der Waals surface area (Å²) in [5, 5.41) is 3.42. The fourth-order valence-corrected chi connectivity index (χ4v) is 3.27. The zero-order chi connectivity index (χ0) is 11.8. The Labute approximate surface area is 102 Å². The lowest BCUT2D eigenvalue weighted by atomic mass is 9.91. The van der Waals surface area contributed by atoms with Crippen molar-refractivity contribution >= 4 is 0 Å². The maximum Gasteiger partial charge on any atom is 0.165 e. The number of hydrogen-bond donors (Lipinski definition) is 1. The number of nitrogens with one attached hydrogen (secondary N) is 1. The van der Waals surface area contributed by atoms with Crippen molar-refractivity contribution in [1.82, 2.24) is 5.32 Å². The van der Waals surface area contributed by atoms with E-state index in [9.17, 15) is 0 Å². The second kappa shape index (κ2) is 4.22. The van der Waals surface area contributed by atoms with Gasteiger partial charge in [0.05, 0.1) is 14.2 Å². The molecule has 1 N–H and O–H groups in total. The molecule has 1 aromatic carbocycles. The SMILES string of the molecule is COc1c2c(c3c(c1OC)CNCC3)CCC2. The molecular weight excluding hydrogens is 214 g/mol. The third kappa shape index (κ3) is 1.53. The highest BCUT2D eigenvalue weighted by atomic mass is 16.5. The standard InChI is InChI=1S/C14H19NO2/c1-16-13-11-5-3-4-9(11)10-6-7-15-8-12(10)14(13)17-2/h15H,3-8H2,1-2H3. The van der Waals surface area contributed by atoms with E-state index in [1.54, 1.807) is 19.8 Å². The van der Waals surface area contributed by atoms with Gasteiger partial charge in [0.25, 0.3) is 0 Å². The van der Waals surface area contributed by atoms with E-state index < -0.39 is 0 Å². The molecule has 3 nitrogen and oxygen atoms in total. The van der Waals surface area contributed by atoms with E-state index in [4.69, 9.17) is 9.47 Å². The van der Waals surface area contributed by atoms with Gasteiger partial charge in [-0.1, -0.05) is 0 Å². The van der Waals surface area contributed by atoms with Crippen molar-refractivity contribution in [2.45, 2.75) is 32.2 Å². The van der Waals surface area contributed by atoms with E-state index in [0.29, 0.717) is 0 Å². The summed E-state index contributed by atoms with van der Waals surface area (Å²) in [6.07, 6.45) is 4.71. The van der Waals surface area contributed by atoms with Crippen LogP contribution in [0.2, 0.25) is 0 Å². The molecule has 0 spiro atoms. The molecule has 0 radical (unpaired) electrons. The second-order valence-electron chi connectivity index (χ2n) is 4.76. The van der Waals surface area contributed by atoms with E-state index >= 15 is 0 Å². The Morgan fingerprint density at radius 1 is 0.824 bits per heavy atom. The lowest BCUT2D eigenvalue weighted by molar-refractivity contribution is 0.346. The van der Waals surface area contributed by atoms with Gasteiger partial charge < -0.3 is 14.8 Å². The van der Waals surface area contributed by atoms with E-state index in [1.807, 2.05) is 0 Å². The molecule has 0 bridgehead atoms. The molecule has 17 heavy (non-hydrogen) atoms. The van der Waals surface area contributed by atoms with Crippen LogP contribution >= 0.6 is 0 Å². The molecular formula is C14H19NO2. The fourth-order valence-electron chi connectivity index (χ4n) is 3.27. The molecule has 0 fully saturated rings. The van der Waals surface area contributed by atoms with Crippen LogP contribution in [0.3, 0.4) is 0 Å². The third-order valence-corrected chi connectivity index (χ3v) is 3.96. The van der Waals surface area contributed by atoms with Gasteiger partial charge in [-0.15, -0.1) is 0 Å². The molecule has 1 heterocycles. The summed E-state index contributed by atoms with van der Waals surface area (Å²) in [5.41, 5.74) is 5.77. The first kappa shape index (κ1) is 10.9. The van der Waals surface area contributed by atoms with Crippen LogP contribution in [-0.4, -0.2) is 20.8 Å². The van der Waals surface area contributed by atoms with Crippen LogP contribution in [0.4, 0.5) is 0 Å². The highest BCUT2D eigenvalue weighted by Crippen LogP contribution is 2.44. The average molecular weight is 233 g/mol. The minimum atomic E-state index is 0.905. The Hall–Kier alpha value is -1.22. The van der Waals surface area contributed by atoms with E-state index in [1.165, 1.54) is 29.5 Å². The topological polar surface area (TPSA) is 30.5 Å². The number of rotatable bonds is 2. The first-order valence-electron chi connectivity index (χ1n) is 6.35. The van der Waals surface area contributed by atoms with Crippen molar-refractivity contribution in [2.75, 3.05) is 20.8 Å². The van der Waals surface area contributed by atoms with Gasteiger partial charge in [-0.25, -0.2) is 0 Å². The number of hydrogen-bond acceptors (Lipinski definition) is 3. The van der Waals surface area contributed by atoms with E-state index in [-0.39, 0.29) is 0 Å². The Morgan fingerprint density at radius 3 is 2.24 bits per heavy atom. The normalized spacial score (nSPS) is 17.5. The zero-order valence-electron chi connectivity index (χ0n) is 10.6. The molecule has 0 aromatic heterocycles. The van der Waals surface area contributed by atoms with E-state index in [0.717, 1.165) is 37.4 Å². The van der Waals surface area contributed by atoms with Crippen LogP contribution in [-0.2, 0) is 25.8 Å². The average Bonchev–Trinajstić information content (AvgIpc) is 2.86. The van der Waals surface area contributed by atoms with Crippen LogP contribution in [0.25, 0.3) is 0 Å². The number of benzene rings is 1. The maximum atomic E-state index is 5.59. The summed E-state index contributed by atoms with van der Waals surface area (Å²) >= 11 is 0. The molecule has 0 saturated heterocycles. The predicted molar refractivity (Wildman–Crippen MR) is 67.0 cm³/mol. The van der Waals surface area contributed by atoms with Crippen LogP contribution in [0.15, 0.2) is 0 Å². The summed E-state index contributed by atoms with van der Waals surface area (Å²) in [6.45, 7) is 1.98. The van der Waals surface area contributed by atoms with Crippen LogP contribution < -0.4 is 14.8 Å². The third-order valence-electron chi connectivity index (χ3n) is 3.96. The first-order chi connectivity index (χ1) is 8.36. The largest absolute Gasteiger partial charge is 0.493 e. The molecule has 1 aliphatic carbocycles. The molecule has 0 atom stereocenters. The lowest BCUT2D eigenvalue weighted by Crippen LogP contribution is -2.25. The van der Waals surface area contributed by atoms with Crippen molar-refractivity contribution in [3.05, 3.63) is 22.3 Å². The van der Waals surface area contributed by atoms with E-state index in [2.05, 4.69) is 5.32 Å². The van der Waals surface area contributed by atoms with Gasteiger partial charge in [-0.05, 0) is 43.4 Å². The Morgan fingerprint density at radius 2 is 1.47 bits per heavy atom. The summed E-state index contributed by atoms with van der Waals surface area (Å²) in [4.78, 5) is 0. The summed E-state index contributed by atoms with van der Waals surface area (Å²) in [5.74, 6) is 1.93. The highest BCUT2D eigenvalue weighted by molar-refractivity contribution is 5.62. The first-order valence-corrected chi connectivity index (χ1v) is 6.35. The molecule has 3 rings (SSSR count). The monoisotopic (exact) mass is 233 g/mol. The van der Waals surface area contributed by atoms with Crippen LogP contribution in [0, 0.1) is 0 Å². The zero-order valence-corrected chi connectivity index (χ0v) is 10.6. The van der Waals surface area contributed by atoms with Crippen molar-refractivity contribution in [1.29, 1.82) is 0 Å². The molecule has 1 aromatic rings. The number of ether oxygens (including phenoxy) is 2. The summed E-state index contributed by atoms with van der Waals surface area (Å²) in [7, 11) is 3.49. The predicted octanol–water partition coefficient (Wildman–Crippen LogP) is 1.84. The fraction of sp³-hybridized carbons (Fsp3) is 0.571. The van der Waals surface area contributed by atoms with Crippen LogP contribution in [0.5, 0.6) is 11.5 Å². The minimum absolute atomic E-state index is 0.905. The van der Waals surface area contributed by atoms with Crippen molar-refractivity contribution in [3.8, 4) is 11.5 Å². The van der Waals surface area contributed by atoms with Gasteiger partial charge in [0.2, 0.25) is 0 Å².